The van der Waals surface area contributed by atoms with Crippen LogP contribution in [0.3, 0.4) is 0 Å². The topological polar surface area (TPSA) is 147 Å². The molecule has 0 heterocycles. The number of aliphatic hydroxyl groups excluding tert-OH is 1. The first-order valence-corrected chi connectivity index (χ1v) is 2.94. The molecule has 0 radical (unpaired) electrons. The minimum absolute atomic E-state index is 0.979. The second-order valence-electron chi connectivity index (χ2n) is 1.94. The lowest BCUT2D eigenvalue weighted by Gasteiger charge is -2.06. The molecule has 7 nitrogen and oxygen atoms in total. The van der Waals surface area contributed by atoms with E-state index in [1.54, 1.807) is 0 Å². The molecule has 0 aromatic rings. The molecule has 1 amide bonds. The number of primary amides is 1. The average Bonchev–Trinajstić information content (AvgIpc) is 1.84. The highest BCUT2D eigenvalue weighted by Gasteiger charge is 2.16. The molecule has 2 unspecified atom stereocenters. The number of aliphatic hydroxyl groups is 1. The lowest BCUT2D eigenvalue weighted by atomic mass is 10.2. The molecule has 0 saturated carbocycles. The van der Waals surface area contributed by atoms with Crippen molar-refractivity contribution >= 4 is 12.1 Å². The van der Waals surface area contributed by atoms with Gasteiger partial charge in [-0.1, -0.05) is 0 Å². The molecule has 0 bridgehead atoms. The normalized spacial score (nSPS) is 13.6. The Balaban J connectivity index is 0. The zero-order chi connectivity index (χ0) is 10.3. The van der Waals surface area contributed by atoms with Gasteiger partial charge in [0.2, 0.25) is 0 Å². The lowest BCUT2D eigenvalue weighted by molar-refractivity contribution is -0.140. The third-order valence-electron chi connectivity index (χ3n) is 0.805. The Morgan fingerprint density at radius 1 is 1.33 bits per heavy atom. The molecule has 0 rings (SSSR count). The molecular weight excluding hydrogens is 168 g/mol. The van der Waals surface area contributed by atoms with Crippen molar-refractivity contribution in [3.05, 3.63) is 0 Å². The Kier molecular flexibility index (Phi) is 7.05. The summed E-state index contributed by atoms with van der Waals surface area (Å²) in [5, 5.41) is 23.7. The Hall–Kier alpha value is -1.34. The van der Waals surface area contributed by atoms with Gasteiger partial charge in [0.15, 0.2) is 0 Å². The van der Waals surface area contributed by atoms with Gasteiger partial charge in [0, 0.05) is 0 Å². The summed E-state index contributed by atoms with van der Waals surface area (Å²) in [6.07, 6.45) is -2.31. The van der Waals surface area contributed by atoms with Crippen molar-refractivity contribution < 1.29 is 24.9 Å². The van der Waals surface area contributed by atoms with Crippen LogP contribution < -0.4 is 11.5 Å². The van der Waals surface area contributed by atoms with Crippen LogP contribution in [-0.4, -0.2) is 39.5 Å². The van der Waals surface area contributed by atoms with E-state index in [1.807, 2.05) is 0 Å². The number of rotatable bonds is 2. The number of hydrogen-bond acceptors (Lipinski definition) is 4. The van der Waals surface area contributed by atoms with Crippen molar-refractivity contribution in [2.45, 2.75) is 19.1 Å². The summed E-state index contributed by atoms with van der Waals surface area (Å²) < 4.78 is 0. The van der Waals surface area contributed by atoms with E-state index in [2.05, 4.69) is 5.73 Å². The van der Waals surface area contributed by atoms with Crippen molar-refractivity contribution in [3.63, 3.8) is 0 Å². The minimum Gasteiger partial charge on any atom is -0.480 e. The highest BCUT2D eigenvalue weighted by molar-refractivity contribution is 5.73. The van der Waals surface area contributed by atoms with Crippen molar-refractivity contribution in [1.29, 1.82) is 0 Å². The highest BCUT2D eigenvalue weighted by Crippen LogP contribution is 1.85. The van der Waals surface area contributed by atoms with Gasteiger partial charge in [0.25, 0.3) is 0 Å². The lowest BCUT2D eigenvalue weighted by Crippen LogP contribution is -2.39. The predicted molar refractivity (Wildman–Crippen MR) is 39.5 cm³/mol. The first-order chi connectivity index (χ1) is 5.29. The number of amides is 1. The summed E-state index contributed by atoms with van der Waals surface area (Å²) in [5.41, 5.74) is 8.94. The fraction of sp³-hybridized carbons (Fsp3) is 0.600. The number of carboxylic acid groups (broad SMARTS) is 2. The van der Waals surface area contributed by atoms with E-state index >= 15 is 0 Å². The molecule has 0 fully saturated rings. The van der Waals surface area contributed by atoms with Crippen molar-refractivity contribution in [2.24, 2.45) is 11.5 Å². The molecule has 0 aliphatic rings. The summed E-state index contributed by atoms with van der Waals surface area (Å²) in [4.78, 5) is 18.6. The molecule has 0 saturated heterocycles. The van der Waals surface area contributed by atoms with Crippen LogP contribution in [0.2, 0.25) is 0 Å². The molecule has 72 valence electrons. The molecular formula is C5H12N2O5. The minimum atomic E-state index is -1.33. The van der Waals surface area contributed by atoms with E-state index in [0.717, 1.165) is 0 Å². The first kappa shape index (κ1) is 13.3. The largest absolute Gasteiger partial charge is 0.480 e. The zero-order valence-electron chi connectivity index (χ0n) is 6.47. The SMILES string of the molecule is CC(O)C(N)C(=O)O.NC(=O)O. The predicted octanol–water partition coefficient (Wildman–Crippen LogP) is -1.60. The Morgan fingerprint density at radius 3 is 1.58 bits per heavy atom. The maximum atomic E-state index is 9.86. The van der Waals surface area contributed by atoms with Gasteiger partial charge < -0.3 is 26.8 Å². The Bertz CT molecular complexity index is 154. The quantitative estimate of drug-likeness (QED) is 0.346. The summed E-state index contributed by atoms with van der Waals surface area (Å²) in [6.45, 7) is 1.33. The molecule has 7 N–H and O–H groups in total. The molecule has 0 spiro atoms. The van der Waals surface area contributed by atoms with Gasteiger partial charge in [-0.3, -0.25) is 4.79 Å². The van der Waals surface area contributed by atoms with Gasteiger partial charge in [-0.15, -0.1) is 0 Å². The Morgan fingerprint density at radius 2 is 1.58 bits per heavy atom. The van der Waals surface area contributed by atoms with Crippen LogP contribution in [0.25, 0.3) is 0 Å². The fourth-order valence-corrected chi connectivity index (χ4v) is 0.206. The van der Waals surface area contributed by atoms with Crippen LogP contribution in [0, 0.1) is 0 Å². The van der Waals surface area contributed by atoms with Crippen molar-refractivity contribution in [1.82, 2.24) is 0 Å². The molecule has 0 aromatic heterocycles. The number of nitrogens with two attached hydrogens (primary N) is 2. The van der Waals surface area contributed by atoms with Crippen LogP contribution >= 0.6 is 0 Å². The number of aliphatic carboxylic acids is 1. The van der Waals surface area contributed by atoms with Crippen molar-refractivity contribution in [3.8, 4) is 0 Å². The number of carboxylic acids is 1. The maximum absolute atomic E-state index is 9.86. The van der Waals surface area contributed by atoms with Gasteiger partial charge in [-0.2, -0.15) is 0 Å². The third-order valence-corrected chi connectivity index (χ3v) is 0.805. The second-order valence-corrected chi connectivity index (χ2v) is 1.94. The van der Waals surface area contributed by atoms with E-state index in [1.165, 1.54) is 6.92 Å². The van der Waals surface area contributed by atoms with Crippen molar-refractivity contribution in [2.75, 3.05) is 0 Å². The van der Waals surface area contributed by atoms with Crippen LogP contribution in [-0.2, 0) is 4.79 Å². The van der Waals surface area contributed by atoms with Gasteiger partial charge >= 0.3 is 12.1 Å². The van der Waals surface area contributed by atoms with Crippen LogP contribution in [0.4, 0.5) is 4.79 Å². The molecule has 12 heavy (non-hydrogen) atoms. The number of carbonyl (C=O) groups is 2. The molecule has 0 aliphatic carbocycles. The Labute approximate surface area is 68.6 Å². The average molecular weight is 180 g/mol. The van der Waals surface area contributed by atoms with E-state index < -0.39 is 24.2 Å². The van der Waals surface area contributed by atoms with Crippen LogP contribution in [0.15, 0.2) is 0 Å². The summed E-state index contributed by atoms with van der Waals surface area (Å²) in [7, 11) is 0. The highest BCUT2D eigenvalue weighted by atomic mass is 16.4. The smallest absolute Gasteiger partial charge is 0.402 e. The third kappa shape index (κ3) is 11.5. The standard InChI is InChI=1S/C4H9NO3.CH3NO2/c1-2(6)3(5)4(7)8;2-1(3)4/h2-3,6H,5H2,1H3,(H,7,8);2H2,(H,3,4). The monoisotopic (exact) mass is 180 g/mol. The van der Waals surface area contributed by atoms with E-state index in [9.17, 15) is 4.79 Å². The van der Waals surface area contributed by atoms with Gasteiger partial charge in [-0.05, 0) is 6.92 Å². The second kappa shape index (κ2) is 6.38. The zero-order valence-corrected chi connectivity index (χ0v) is 6.47. The molecule has 2 atom stereocenters. The number of hydrogen-bond donors (Lipinski definition) is 5. The summed E-state index contributed by atoms with van der Waals surface area (Å²) >= 11 is 0. The van der Waals surface area contributed by atoms with Crippen LogP contribution in [0.5, 0.6) is 0 Å². The molecule has 0 aliphatic heterocycles. The van der Waals surface area contributed by atoms with Gasteiger partial charge in [0.1, 0.15) is 6.04 Å². The molecule has 7 heteroatoms. The summed E-state index contributed by atoms with van der Waals surface area (Å²) in [5.74, 6) is -1.18. The van der Waals surface area contributed by atoms with E-state index in [4.69, 9.17) is 25.8 Å². The maximum Gasteiger partial charge on any atom is 0.402 e. The first-order valence-electron chi connectivity index (χ1n) is 2.94. The summed E-state index contributed by atoms with van der Waals surface area (Å²) in [6, 6.07) is -1.16. The van der Waals surface area contributed by atoms with Crippen LogP contribution in [0.1, 0.15) is 6.92 Å². The van der Waals surface area contributed by atoms with Gasteiger partial charge in [0.05, 0.1) is 6.10 Å². The molecule has 0 aromatic carbocycles. The van der Waals surface area contributed by atoms with E-state index in [-0.39, 0.29) is 0 Å². The fourth-order valence-electron chi connectivity index (χ4n) is 0.206. The van der Waals surface area contributed by atoms with E-state index in [0.29, 0.717) is 0 Å². The van der Waals surface area contributed by atoms with Gasteiger partial charge in [-0.25, -0.2) is 4.79 Å².